The molecule has 1 aliphatic rings. The number of hydrogen-bond acceptors (Lipinski definition) is 4. The normalized spacial score (nSPS) is 14.5. The molecule has 0 saturated heterocycles. The zero-order chi connectivity index (χ0) is 15.4. The smallest absolute Gasteiger partial charge is 0.269 e. The van der Waals surface area contributed by atoms with Crippen LogP contribution in [0.15, 0.2) is 23.1 Å². The molecule has 0 bridgehead atoms. The highest BCUT2D eigenvalue weighted by Crippen LogP contribution is 2.35. The molecular weight excluding hydrogens is 295 g/mol. The molecule has 21 heavy (non-hydrogen) atoms. The van der Waals surface area contributed by atoms with Gasteiger partial charge in [0, 0.05) is 13.6 Å². The average molecular weight is 310 g/mol. The Morgan fingerprint density at radius 1 is 1.38 bits per heavy atom. The van der Waals surface area contributed by atoms with Crippen molar-refractivity contribution in [1.82, 2.24) is 9.78 Å². The van der Waals surface area contributed by atoms with E-state index in [1.165, 1.54) is 21.1 Å². The molecule has 6 nitrogen and oxygen atoms in total. The highest BCUT2D eigenvalue weighted by molar-refractivity contribution is 7.93. The Bertz CT molecular complexity index is 829. The number of aryl methyl sites for hydroxylation is 1. The molecule has 1 aromatic carbocycles. The quantitative estimate of drug-likeness (QED) is 0.904. The molecule has 3 rings (SSSR count). The summed E-state index contributed by atoms with van der Waals surface area (Å²) in [6.07, 6.45) is 0.550. The van der Waals surface area contributed by atoms with Gasteiger partial charge in [-0.2, -0.15) is 5.10 Å². The van der Waals surface area contributed by atoms with Crippen LogP contribution < -0.4 is 10.0 Å². The van der Waals surface area contributed by atoms with Crippen molar-refractivity contribution in [3.8, 4) is 0 Å². The van der Waals surface area contributed by atoms with E-state index >= 15 is 0 Å². The summed E-state index contributed by atoms with van der Waals surface area (Å²) < 4.78 is 41.7. The minimum absolute atomic E-state index is 0.0119. The van der Waals surface area contributed by atoms with Crippen LogP contribution in [0, 0.1) is 12.7 Å². The van der Waals surface area contributed by atoms with E-state index < -0.39 is 15.8 Å². The molecule has 0 unspecified atom stereocenters. The van der Waals surface area contributed by atoms with E-state index in [4.69, 9.17) is 5.73 Å². The first-order valence-corrected chi connectivity index (χ1v) is 7.86. The summed E-state index contributed by atoms with van der Waals surface area (Å²) in [4.78, 5) is -0.0119. The van der Waals surface area contributed by atoms with Crippen LogP contribution >= 0.6 is 0 Å². The van der Waals surface area contributed by atoms with Crippen molar-refractivity contribution in [2.45, 2.75) is 18.2 Å². The number of rotatable bonds is 2. The number of anilines is 2. The third-order valence-electron chi connectivity index (χ3n) is 3.75. The Hall–Kier alpha value is -2.09. The molecule has 1 aliphatic heterocycles. The third-order valence-corrected chi connectivity index (χ3v) is 5.73. The van der Waals surface area contributed by atoms with Gasteiger partial charge in [-0.3, -0.25) is 8.99 Å². The Morgan fingerprint density at radius 3 is 2.71 bits per heavy atom. The van der Waals surface area contributed by atoms with Gasteiger partial charge in [0.25, 0.3) is 10.0 Å². The average Bonchev–Trinajstić information content (AvgIpc) is 2.91. The zero-order valence-electron chi connectivity index (χ0n) is 11.7. The molecule has 0 aliphatic carbocycles. The highest BCUT2D eigenvalue weighted by Gasteiger charge is 2.35. The lowest BCUT2D eigenvalue weighted by atomic mass is 10.2. The largest absolute Gasteiger partial charge is 0.381 e. The van der Waals surface area contributed by atoms with Crippen molar-refractivity contribution < 1.29 is 12.8 Å². The summed E-state index contributed by atoms with van der Waals surface area (Å²) in [7, 11) is -2.22. The summed E-state index contributed by atoms with van der Waals surface area (Å²) in [6, 6.07) is 4.18. The number of sulfonamides is 1. The van der Waals surface area contributed by atoms with Crippen LogP contribution in [0.3, 0.4) is 0 Å². The van der Waals surface area contributed by atoms with Crippen molar-refractivity contribution in [2.24, 2.45) is 7.05 Å². The molecule has 0 saturated carbocycles. The van der Waals surface area contributed by atoms with Crippen LogP contribution in [0.1, 0.15) is 11.3 Å². The Balaban J connectivity index is 2.16. The van der Waals surface area contributed by atoms with Gasteiger partial charge in [0.05, 0.1) is 11.4 Å². The maximum atomic E-state index is 13.4. The fraction of sp³-hybridized carbons (Fsp3) is 0.308. The second-order valence-corrected chi connectivity index (χ2v) is 6.82. The van der Waals surface area contributed by atoms with E-state index in [1.807, 2.05) is 0 Å². The molecule has 8 heteroatoms. The van der Waals surface area contributed by atoms with Gasteiger partial charge >= 0.3 is 0 Å². The van der Waals surface area contributed by atoms with Gasteiger partial charge in [0.1, 0.15) is 5.82 Å². The van der Waals surface area contributed by atoms with Crippen LogP contribution in [0.4, 0.5) is 15.9 Å². The maximum absolute atomic E-state index is 13.4. The fourth-order valence-corrected chi connectivity index (χ4v) is 4.41. The Kier molecular flexibility index (Phi) is 2.94. The molecule has 0 radical (unpaired) electrons. The number of nitrogens with two attached hydrogens (primary N) is 1. The van der Waals surface area contributed by atoms with E-state index in [1.54, 1.807) is 20.0 Å². The second kappa shape index (κ2) is 4.45. The molecule has 0 spiro atoms. The first kappa shape index (κ1) is 13.9. The van der Waals surface area contributed by atoms with Crippen LogP contribution in [-0.4, -0.2) is 24.7 Å². The molecule has 2 aromatic rings. The number of nitrogen functional groups attached to an aromatic ring is 1. The van der Waals surface area contributed by atoms with Gasteiger partial charge in [0.15, 0.2) is 10.7 Å². The number of nitrogens with zero attached hydrogens (tertiary/aromatic N) is 3. The van der Waals surface area contributed by atoms with Crippen molar-refractivity contribution >= 4 is 21.5 Å². The van der Waals surface area contributed by atoms with Gasteiger partial charge in [0.2, 0.25) is 0 Å². The molecule has 2 heterocycles. The van der Waals surface area contributed by atoms with Gasteiger partial charge in [-0.1, -0.05) is 6.07 Å². The van der Waals surface area contributed by atoms with Crippen molar-refractivity contribution in [1.29, 1.82) is 0 Å². The number of halogens is 1. The van der Waals surface area contributed by atoms with Gasteiger partial charge < -0.3 is 5.73 Å². The van der Waals surface area contributed by atoms with Gasteiger partial charge in [-0.05, 0) is 31.0 Å². The lowest BCUT2D eigenvalue weighted by Gasteiger charge is -2.19. The predicted octanol–water partition coefficient (Wildman–Crippen LogP) is 1.20. The van der Waals surface area contributed by atoms with E-state index in [0.717, 1.165) is 5.56 Å². The topological polar surface area (TPSA) is 81.2 Å². The Morgan fingerprint density at radius 2 is 2.10 bits per heavy atom. The first-order valence-electron chi connectivity index (χ1n) is 6.42. The van der Waals surface area contributed by atoms with Crippen LogP contribution in [0.2, 0.25) is 0 Å². The number of benzene rings is 1. The molecule has 0 atom stereocenters. The van der Waals surface area contributed by atoms with E-state index in [0.29, 0.717) is 17.8 Å². The minimum Gasteiger partial charge on any atom is -0.381 e. The number of aromatic nitrogens is 2. The first-order chi connectivity index (χ1) is 9.82. The molecule has 0 fully saturated rings. The lowest BCUT2D eigenvalue weighted by molar-refractivity contribution is 0.591. The van der Waals surface area contributed by atoms with E-state index in [-0.39, 0.29) is 17.3 Å². The summed E-state index contributed by atoms with van der Waals surface area (Å²) in [5, 5.41) is 3.94. The lowest BCUT2D eigenvalue weighted by Crippen LogP contribution is -2.30. The second-order valence-electron chi connectivity index (χ2n) is 5.02. The standard InChI is InChI=1S/C13H15FN4O2S/c1-8-12(13(15)16-17(8)2)21(19,20)18-6-5-9-3-4-10(14)7-11(9)18/h3-4,7H,5-6H2,1-2H3,(H2,15,16). The summed E-state index contributed by atoms with van der Waals surface area (Å²) in [6.45, 7) is 1.91. The van der Waals surface area contributed by atoms with E-state index in [9.17, 15) is 12.8 Å². The van der Waals surface area contributed by atoms with Crippen LogP contribution in [0.25, 0.3) is 0 Å². The van der Waals surface area contributed by atoms with Crippen molar-refractivity contribution in [2.75, 3.05) is 16.6 Å². The third kappa shape index (κ3) is 1.98. The number of hydrogen-bond donors (Lipinski definition) is 1. The molecular formula is C13H15FN4O2S. The summed E-state index contributed by atoms with van der Waals surface area (Å²) >= 11 is 0. The predicted molar refractivity (Wildman–Crippen MR) is 77.0 cm³/mol. The van der Waals surface area contributed by atoms with Gasteiger partial charge in [-0.25, -0.2) is 12.8 Å². The fourth-order valence-electron chi connectivity index (χ4n) is 2.62. The molecule has 1 aromatic heterocycles. The monoisotopic (exact) mass is 310 g/mol. The molecule has 0 amide bonds. The van der Waals surface area contributed by atoms with E-state index in [2.05, 4.69) is 5.10 Å². The highest BCUT2D eigenvalue weighted by atomic mass is 32.2. The SMILES string of the molecule is Cc1c(S(=O)(=O)N2CCc3ccc(F)cc32)c(N)nn1C. The number of fused-ring (bicyclic) bond motifs is 1. The van der Waals surface area contributed by atoms with Crippen molar-refractivity contribution in [3.63, 3.8) is 0 Å². The van der Waals surface area contributed by atoms with Gasteiger partial charge in [-0.15, -0.1) is 0 Å². The summed E-state index contributed by atoms with van der Waals surface area (Å²) in [5.41, 5.74) is 7.37. The van der Waals surface area contributed by atoms with Crippen molar-refractivity contribution in [3.05, 3.63) is 35.3 Å². The van der Waals surface area contributed by atoms with Crippen LogP contribution in [-0.2, 0) is 23.5 Å². The molecule has 112 valence electrons. The Labute approximate surface area is 122 Å². The molecule has 2 N–H and O–H groups in total. The van der Waals surface area contributed by atoms with Crippen LogP contribution in [0.5, 0.6) is 0 Å². The summed E-state index contributed by atoms with van der Waals surface area (Å²) in [5.74, 6) is -0.508. The zero-order valence-corrected chi connectivity index (χ0v) is 12.5. The minimum atomic E-state index is -3.85. The maximum Gasteiger partial charge on any atom is 0.269 e.